The topological polar surface area (TPSA) is 35.8 Å². The third-order valence-corrected chi connectivity index (χ3v) is 3.00. The number of anilines is 1. The molecular formula is C12H16N2S. The van der Waals surface area contributed by atoms with Crippen LogP contribution in [0.2, 0.25) is 0 Å². The van der Waals surface area contributed by atoms with E-state index in [2.05, 4.69) is 24.6 Å². The molecule has 0 spiro atoms. The molecule has 0 aliphatic rings. The number of hydrogen-bond acceptors (Lipinski definition) is 3. The average Bonchev–Trinajstić information content (AvgIpc) is 2.29. The van der Waals surface area contributed by atoms with Crippen LogP contribution in [-0.4, -0.2) is 18.1 Å². The second kappa shape index (κ2) is 6.36. The van der Waals surface area contributed by atoms with E-state index in [9.17, 15) is 0 Å². The zero-order valence-corrected chi connectivity index (χ0v) is 9.97. The molecule has 1 rings (SSSR count). The van der Waals surface area contributed by atoms with Gasteiger partial charge in [-0.15, -0.1) is 0 Å². The Morgan fingerprint density at radius 3 is 2.80 bits per heavy atom. The first-order valence-electron chi connectivity index (χ1n) is 5.06. The largest absolute Gasteiger partial charge is 0.380 e. The summed E-state index contributed by atoms with van der Waals surface area (Å²) in [5.41, 5.74) is 1.66. The number of hydrogen-bond donors (Lipinski definition) is 1. The lowest BCUT2D eigenvalue weighted by atomic mass is 10.1. The minimum atomic E-state index is 0.439. The number of nitrogens with zero attached hydrogens (tertiary/aromatic N) is 1. The van der Waals surface area contributed by atoms with Gasteiger partial charge >= 0.3 is 0 Å². The van der Waals surface area contributed by atoms with Gasteiger partial charge < -0.3 is 5.32 Å². The summed E-state index contributed by atoms with van der Waals surface area (Å²) in [6, 6.07) is 10.3. The van der Waals surface area contributed by atoms with Crippen molar-refractivity contribution in [1.82, 2.24) is 0 Å². The normalized spacial score (nSPS) is 11.8. The van der Waals surface area contributed by atoms with E-state index in [1.54, 1.807) is 0 Å². The van der Waals surface area contributed by atoms with Gasteiger partial charge in [-0.05, 0) is 24.8 Å². The van der Waals surface area contributed by atoms with Crippen molar-refractivity contribution in [3.8, 4) is 6.07 Å². The second-order valence-corrected chi connectivity index (χ2v) is 4.27. The summed E-state index contributed by atoms with van der Waals surface area (Å²) in [6.45, 7) is 2.16. The van der Waals surface area contributed by atoms with Crippen LogP contribution in [0.5, 0.6) is 0 Å². The van der Waals surface area contributed by atoms with E-state index in [1.807, 2.05) is 36.0 Å². The van der Waals surface area contributed by atoms with Crippen LogP contribution in [0.15, 0.2) is 24.3 Å². The molecule has 0 heterocycles. The molecular weight excluding hydrogens is 204 g/mol. The number of nitriles is 1. The van der Waals surface area contributed by atoms with Crippen molar-refractivity contribution in [2.24, 2.45) is 0 Å². The molecule has 0 saturated carbocycles. The van der Waals surface area contributed by atoms with Crippen LogP contribution in [0.3, 0.4) is 0 Å². The third kappa shape index (κ3) is 3.49. The Labute approximate surface area is 95.7 Å². The lowest BCUT2D eigenvalue weighted by Crippen LogP contribution is -2.21. The van der Waals surface area contributed by atoms with Crippen LogP contribution in [0.25, 0.3) is 0 Å². The van der Waals surface area contributed by atoms with Crippen molar-refractivity contribution in [1.29, 1.82) is 5.26 Å². The Hall–Kier alpha value is -1.14. The summed E-state index contributed by atoms with van der Waals surface area (Å²) in [4.78, 5) is 0. The number of nitrogens with one attached hydrogen (secondary N) is 1. The van der Waals surface area contributed by atoms with Crippen LogP contribution in [0.4, 0.5) is 5.69 Å². The summed E-state index contributed by atoms with van der Waals surface area (Å²) in [5.74, 6) is 1.07. The molecule has 0 aromatic heterocycles. The van der Waals surface area contributed by atoms with E-state index in [0.29, 0.717) is 6.04 Å². The smallest absolute Gasteiger partial charge is 0.101 e. The molecule has 0 bridgehead atoms. The molecule has 2 nitrogen and oxygen atoms in total. The number of para-hydroxylation sites is 1. The molecule has 3 heteroatoms. The van der Waals surface area contributed by atoms with E-state index < -0.39 is 0 Å². The van der Waals surface area contributed by atoms with Crippen molar-refractivity contribution in [3.63, 3.8) is 0 Å². The maximum atomic E-state index is 8.94. The predicted molar refractivity (Wildman–Crippen MR) is 67.2 cm³/mol. The molecule has 0 amide bonds. The average molecular weight is 220 g/mol. The van der Waals surface area contributed by atoms with Gasteiger partial charge in [-0.1, -0.05) is 19.1 Å². The Bertz CT molecular complexity index is 344. The van der Waals surface area contributed by atoms with Crippen LogP contribution in [0, 0.1) is 11.3 Å². The molecule has 0 radical (unpaired) electrons. The Balaban J connectivity index is 2.74. The van der Waals surface area contributed by atoms with Crippen molar-refractivity contribution in [3.05, 3.63) is 29.8 Å². The highest BCUT2D eigenvalue weighted by Gasteiger charge is 2.07. The summed E-state index contributed by atoms with van der Waals surface area (Å²) >= 11 is 1.82. The Kier molecular flexibility index (Phi) is 5.06. The molecule has 1 aromatic carbocycles. The van der Waals surface area contributed by atoms with E-state index in [-0.39, 0.29) is 0 Å². The fourth-order valence-corrected chi connectivity index (χ4v) is 2.11. The summed E-state index contributed by atoms with van der Waals surface area (Å²) in [6.07, 6.45) is 3.17. The zero-order valence-electron chi connectivity index (χ0n) is 9.16. The Morgan fingerprint density at radius 1 is 1.47 bits per heavy atom. The SMILES string of the molecule is CCC(CSC)Nc1ccccc1C#N. The molecule has 15 heavy (non-hydrogen) atoms. The summed E-state index contributed by atoms with van der Waals surface area (Å²) in [5, 5.41) is 12.3. The van der Waals surface area contributed by atoms with Crippen molar-refractivity contribution < 1.29 is 0 Å². The molecule has 1 unspecified atom stereocenters. The first-order valence-corrected chi connectivity index (χ1v) is 6.45. The first kappa shape index (κ1) is 11.9. The van der Waals surface area contributed by atoms with E-state index in [0.717, 1.165) is 23.4 Å². The standard InChI is InChI=1S/C12H16N2S/c1-3-11(9-15-2)14-12-7-5-4-6-10(12)8-13/h4-7,11,14H,3,9H2,1-2H3. The van der Waals surface area contributed by atoms with E-state index in [1.165, 1.54) is 0 Å². The predicted octanol–water partition coefficient (Wildman–Crippen LogP) is 3.11. The quantitative estimate of drug-likeness (QED) is 0.828. The molecule has 0 fully saturated rings. The van der Waals surface area contributed by atoms with Crippen molar-refractivity contribution in [2.75, 3.05) is 17.3 Å². The van der Waals surface area contributed by atoms with Gasteiger partial charge in [0.15, 0.2) is 0 Å². The van der Waals surface area contributed by atoms with Crippen LogP contribution in [0.1, 0.15) is 18.9 Å². The lowest BCUT2D eigenvalue weighted by molar-refractivity contribution is 0.774. The first-order chi connectivity index (χ1) is 7.31. The molecule has 80 valence electrons. The van der Waals surface area contributed by atoms with Gasteiger partial charge in [-0.3, -0.25) is 0 Å². The summed E-state index contributed by atoms with van der Waals surface area (Å²) in [7, 11) is 0. The van der Waals surface area contributed by atoms with Crippen LogP contribution in [-0.2, 0) is 0 Å². The molecule has 0 aliphatic heterocycles. The molecule has 0 saturated heterocycles. The highest BCUT2D eigenvalue weighted by Crippen LogP contribution is 2.16. The van der Waals surface area contributed by atoms with Crippen LogP contribution >= 0.6 is 11.8 Å². The summed E-state index contributed by atoms with van der Waals surface area (Å²) < 4.78 is 0. The fourth-order valence-electron chi connectivity index (χ4n) is 1.39. The monoisotopic (exact) mass is 220 g/mol. The maximum Gasteiger partial charge on any atom is 0.101 e. The lowest BCUT2D eigenvalue weighted by Gasteiger charge is -2.17. The minimum absolute atomic E-state index is 0.439. The number of benzene rings is 1. The molecule has 1 atom stereocenters. The van der Waals surface area contributed by atoms with Gasteiger partial charge in [-0.2, -0.15) is 17.0 Å². The van der Waals surface area contributed by atoms with Gasteiger partial charge in [-0.25, -0.2) is 0 Å². The van der Waals surface area contributed by atoms with Gasteiger partial charge in [0.1, 0.15) is 6.07 Å². The third-order valence-electron chi connectivity index (χ3n) is 2.27. The van der Waals surface area contributed by atoms with Gasteiger partial charge in [0, 0.05) is 11.8 Å². The van der Waals surface area contributed by atoms with Crippen LogP contribution < -0.4 is 5.32 Å². The van der Waals surface area contributed by atoms with E-state index in [4.69, 9.17) is 5.26 Å². The maximum absolute atomic E-state index is 8.94. The Morgan fingerprint density at radius 2 is 2.20 bits per heavy atom. The van der Waals surface area contributed by atoms with Crippen molar-refractivity contribution >= 4 is 17.4 Å². The van der Waals surface area contributed by atoms with Gasteiger partial charge in [0.25, 0.3) is 0 Å². The molecule has 1 aromatic rings. The molecule has 1 N–H and O–H groups in total. The van der Waals surface area contributed by atoms with E-state index >= 15 is 0 Å². The highest BCUT2D eigenvalue weighted by atomic mass is 32.2. The second-order valence-electron chi connectivity index (χ2n) is 3.36. The number of thioether (sulfide) groups is 1. The van der Waals surface area contributed by atoms with Gasteiger partial charge in [0.05, 0.1) is 11.3 Å². The fraction of sp³-hybridized carbons (Fsp3) is 0.417. The molecule has 0 aliphatic carbocycles. The zero-order chi connectivity index (χ0) is 11.1. The van der Waals surface area contributed by atoms with Gasteiger partial charge in [0.2, 0.25) is 0 Å². The number of rotatable bonds is 5. The highest BCUT2D eigenvalue weighted by molar-refractivity contribution is 7.98. The minimum Gasteiger partial charge on any atom is -0.380 e. The van der Waals surface area contributed by atoms with Crippen molar-refractivity contribution in [2.45, 2.75) is 19.4 Å².